The minimum absolute atomic E-state index is 0.00975. The molecular weight excluding hydrogens is 496 g/mol. The van der Waals surface area contributed by atoms with Crippen molar-refractivity contribution in [1.29, 1.82) is 0 Å². The predicted octanol–water partition coefficient (Wildman–Crippen LogP) is 5.88. The molecule has 2 heterocycles. The second kappa shape index (κ2) is 11.5. The first-order chi connectivity index (χ1) is 18.0. The molecule has 6 heteroatoms. The SMILES string of the molecule is C=CCn1c(=O)/c(=C2\Sc3cc(C)ccc3N2CCCCCCCC)s/c1=C1/Cc2ccccc2C1O. The number of allylic oxidation sites excluding steroid dienone is 1. The van der Waals surface area contributed by atoms with E-state index in [1.54, 1.807) is 17.8 Å². The Morgan fingerprint density at radius 1 is 1.11 bits per heavy atom. The van der Waals surface area contributed by atoms with Crippen LogP contribution in [0, 0.1) is 6.92 Å². The third-order valence-electron chi connectivity index (χ3n) is 7.32. The van der Waals surface area contributed by atoms with Gasteiger partial charge in [0.15, 0.2) is 0 Å². The molecule has 0 bridgehead atoms. The molecule has 194 valence electrons. The van der Waals surface area contributed by atoms with Crippen LogP contribution in [-0.2, 0) is 13.0 Å². The van der Waals surface area contributed by atoms with Crippen molar-refractivity contribution < 1.29 is 5.11 Å². The molecule has 2 aliphatic rings. The molecule has 0 amide bonds. The smallest absolute Gasteiger partial charge is 0.272 e. The van der Waals surface area contributed by atoms with Gasteiger partial charge in [0.05, 0.1) is 5.69 Å². The standard InChI is InChI=1S/C31H36N2O2S2/c1-4-6-7-8-9-12-18-32-25-16-15-21(3)19-26(25)36-31(32)28-29(35)33(17-5-2)30(37-28)24-20-22-13-10-11-14-23(22)27(24)34/h5,10-11,13-16,19,27,34H,2,4,6-9,12,17-18,20H2,1,3H3/b30-24-,31-28+. The Bertz CT molecular complexity index is 1480. The quantitative estimate of drug-likeness (QED) is 0.276. The van der Waals surface area contributed by atoms with Crippen LogP contribution in [0.3, 0.4) is 0 Å². The van der Waals surface area contributed by atoms with Crippen molar-refractivity contribution in [2.45, 2.75) is 76.3 Å². The Kier molecular flexibility index (Phi) is 8.08. The lowest BCUT2D eigenvalue weighted by Crippen LogP contribution is -2.35. The molecule has 1 aliphatic heterocycles. The Balaban J connectivity index is 1.60. The highest BCUT2D eigenvalue weighted by molar-refractivity contribution is 8.08. The second-order valence-corrected chi connectivity index (χ2v) is 12.1. The lowest BCUT2D eigenvalue weighted by atomic mass is 10.1. The van der Waals surface area contributed by atoms with Crippen molar-refractivity contribution in [2.24, 2.45) is 0 Å². The van der Waals surface area contributed by atoms with Gasteiger partial charge < -0.3 is 10.0 Å². The van der Waals surface area contributed by atoms with Crippen LogP contribution >= 0.6 is 23.1 Å². The summed E-state index contributed by atoms with van der Waals surface area (Å²) in [6.07, 6.45) is 9.17. The van der Waals surface area contributed by atoms with Crippen LogP contribution in [0.1, 0.15) is 68.2 Å². The molecule has 1 N–H and O–H groups in total. The molecule has 1 aliphatic carbocycles. The molecule has 0 saturated carbocycles. The molecule has 1 atom stereocenters. The number of aliphatic hydroxyl groups is 1. The normalized spacial score (nSPS) is 19.3. The van der Waals surface area contributed by atoms with Gasteiger partial charge in [0, 0.05) is 23.6 Å². The molecule has 0 fully saturated rings. The van der Waals surface area contributed by atoms with Crippen LogP contribution in [0.4, 0.5) is 5.69 Å². The van der Waals surface area contributed by atoms with Gasteiger partial charge in [0.1, 0.15) is 20.3 Å². The van der Waals surface area contributed by atoms with Crippen molar-refractivity contribution in [3.8, 4) is 0 Å². The first-order valence-electron chi connectivity index (χ1n) is 13.4. The maximum Gasteiger partial charge on any atom is 0.272 e. The van der Waals surface area contributed by atoms with Gasteiger partial charge in [-0.2, -0.15) is 0 Å². The van der Waals surface area contributed by atoms with Gasteiger partial charge in [-0.25, -0.2) is 0 Å². The van der Waals surface area contributed by atoms with Gasteiger partial charge in [-0.05, 0) is 48.6 Å². The molecule has 4 nitrogen and oxygen atoms in total. The summed E-state index contributed by atoms with van der Waals surface area (Å²) < 4.78 is 3.43. The van der Waals surface area contributed by atoms with E-state index < -0.39 is 6.10 Å². The average Bonchev–Trinajstić information content (AvgIpc) is 3.53. The second-order valence-electron chi connectivity index (χ2n) is 10.0. The number of hydrogen-bond donors (Lipinski definition) is 1. The van der Waals surface area contributed by atoms with E-state index in [0.717, 1.165) is 43.9 Å². The summed E-state index contributed by atoms with van der Waals surface area (Å²) in [5.41, 5.74) is 5.43. The maximum atomic E-state index is 13.9. The summed E-state index contributed by atoms with van der Waals surface area (Å²) in [6, 6.07) is 14.6. The number of benzene rings is 2. The third-order valence-corrected chi connectivity index (χ3v) is 9.86. The number of rotatable bonds is 9. The third kappa shape index (κ3) is 5.12. The number of anilines is 1. The van der Waals surface area contributed by atoms with Gasteiger partial charge in [0.2, 0.25) is 0 Å². The Hall–Kier alpha value is -2.54. The summed E-state index contributed by atoms with van der Waals surface area (Å²) in [4.78, 5) is 17.5. The van der Waals surface area contributed by atoms with E-state index in [4.69, 9.17) is 0 Å². The Morgan fingerprint density at radius 2 is 1.89 bits per heavy atom. The minimum Gasteiger partial charge on any atom is -0.384 e. The summed E-state index contributed by atoms with van der Waals surface area (Å²) in [5.74, 6) is 0. The van der Waals surface area contributed by atoms with Gasteiger partial charge in [-0.1, -0.05) is 87.2 Å². The van der Waals surface area contributed by atoms with Crippen LogP contribution in [0.5, 0.6) is 0 Å². The van der Waals surface area contributed by atoms with Crippen molar-refractivity contribution in [3.05, 3.63) is 91.4 Å². The van der Waals surface area contributed by atoms with Crippen LogP contribution < -0.4 is 19.7 Å². The number of aromatic nitrogens is 1. The molecule has 2 aromatic carbocycles. The fraction of sp³-hybridized carbons (Fsp3) is 0.387. The van der Waals surface area contributed by atoms with Gasteiger partial charge in [0.25, 0.3) is 5.56 Å². The van der Waals surface area contributed by atoms with E-state index >= 15 is 0 Å². The first-order valence-corrected chi connectivity index (χ1v) is 15.1. The molecule has 37 heavy (non-hydrogen) atoms. The molecule has 0 saturated heterocycles. The van der Waals surface area contributed by atoms with Crippen LogP contribution in [-0.4, -0.2) is 16.2 Å². The van der Waals surface area contributed by atoms with Crippen molar-refractivity contribution in [1.82, 2.24) is 4.57 Å². The Labute approximate surface area is 227 Å². The van der Waals surface area contributed by atoms with E-state index in [-0.39, 0.29) is 5.56 Å². The number of aryl methyl sites for hydroxylation is 1. The zero-order valence-electron chi connectivity index (χ0n) is 21.8. The van der Waals surface area contributed by atoms with Crippen LogP contribution in [0.25, 0.3) is 10.6 Å². The fourth-order valence-corrected chi connectivity index (χ4v) is 8.00. The minimum atomic E-state index is -0.682. The highest BCUT2D eigenvalue weighted by Crippen LogP contribution is 2.47. The van der Waals surface area contributed by atoms with Crippen molar-refractivity contribution in [3.63, 3.8) is 0 Å². The molecule has 5 rings (SSSR count). The van der Waals surface area contributed by atoms with E-state index in [2.05, 4.69) is 49.6 Å². The number of thioether (sulfide) groups is 1. The summed E-state index contributed by atoms with van der Waals surface area (Å²) in [7, 11) is 0. The van der Waals surface area contributed by atoms with Crippen molar-refractivity contribution >= 4 is 39.4 Å². The number of hydrogen-bond acceptors (Lipinski definition) is 5. The summed E-state index contributed by atoms with van der Waals surface area (Å²) >= 11 is 3.24. The largest absolute Gasteiger partial charge is 0.384 e. The first kappa shape index (κ1) is 26.1. The summed E-state index contributed by atoms with van der Waals surface area (Å²) in [6.45, 7) is 9.61. The number of fused-ring (bicyclic) bond motifs is 2. The zero-order chi connectivity index (χ0) is 25.9. The molecule has 3 aromatic rings. The van der Waals surface area contributed by atoms with Crippen LogP contribution in [0.15, 0.2) is 64.8 Å². The zero-order valence-corrected chi connectivity index (χ0v) is 23.5. The van der Waals surface area contributed by atoms with E-state index in [9.17, 15) is 9.90 Å². The lowest BCUT2D eigenvalue weighted by molar-refractivity contribution is 0.240. The van der Waals surface area contributed by atoms with Gasteiger partial charge in [-0.3, -0.25) is 9.36 Å². The molecule has 0 radical (unpaired) electrons. The Morgan fingerprint density at radius 3 is 2.68 bits per heavy atom. The molecule has 1 unspecified atom stereocenters. The number of unbranched alkanes of at least 4 members (excludes halogenated alkanes) is 5. The molecule has 1 aromatic heterocycles. The predicted molar refractivity (Wildman–Crippen MR) is 158 cm³/mol. The number of nitrogens with zero attached hydrogens (tertiary/aromatic N) is 2. The van der Waals surface area contributed by atoms with Crippen molar-refractivity contribution in [2.75, 3.05) is 11.4 Å². The van der Waals surface area contributed by atoms with E-state index in [1.807, 2.05) is 22.8 Å². The maximum absolute atomic E-state index is 13.9. The molecular formula is C31H36N2O2S2. The molecule has 0 spiro atoms. The fourth-order valence-electron chi connectivity index (χ4n) is 5.36. The highest BCUT2D eigenvalue weighted by atomic mass is 32.2. The monoisotopic (exact) mass is 532 g/mol. The number of thiazole rings is 1. The van der Waals surface area contributed by atoms with Gasteiger partial charge in [-0.15, -0.1) is 17.9 Å². The van der Waals surface area contributed by atoms with E-state index in [0.29, 0.717) is 13.0 Å². The lowest BCUT2D eigenvalue weighted by Gasteiger charge is -2.20. The van der Waals surface area contributed by atoms with E-state index in [1.165, 1.54) is 59.6 Å². The summed E-state index contributed by atoms with van der Waals surface area (Å²) in [5, 5.41) is 12.2. The van der Waals surface area contributed by atoms with Gasteiger partial charge >= 0.3 is 0 Å². The highest BCUT2D eigenvalue weighted by Gasteiger charge is 2.30. The average molecular weight is 533 g/mol. The number of aliphatic hydroxyl groups excluding tert-OH is 1. The van der Waals surface area contributed by atoms with Crippen LogP contribution in [0.2, 0.25) is 0 Å². The topological polar surface area (TPSA) is 45.5 Å².